The van der Waals surface area contributed by atoms with Crippen molar-refractivity contribution in [1.82, 2.24) is 60.6 Å². The van der Waals surface area contributed by atoms with Gasteiger partial charge in [0.2, 0.25) is 59.1 Å². The Labute approximate surface area is 561 Å². The Hall–Kier alpha value is -6.25. The number of ether oxygens (including phenoxy) is 2. The average Bonchev–Trinajstić information content (AvgIpc) is 0.757. The Morgan fingerprint density at radius 1 is 0.521 bits per heavy atom. The SMILES string of the molecule is C/C=C/C[C@@H](C)[C@H]1ON2C(=O)[C@H](C(C)C)N(C)C(=O)[C@H](CC(C)C)N(C)C(=O)C(CC(C)C)N(C)C(=O)[C@@H](C)NC(=O)[C@H](C)NC(=O)[C@H](CC(C)C)N(C)C(=O)[C@H](C(C)C)NC(=O)[C@H]([C@@H](C)OCCCCN3CCOCC3)N(C)C(=O)[C@@H](C)N(C)C(=O)[C@H](CC)NC(=O)[C@H]12. The zero-order valence-corrected chi connectivity index (χ0v) is 61.1. The summed E-state index contributed by atoms with van der Waals surface area (Å²) in [6.45, 7) is 33.6. The fourth-order valence-corrected chi connectivity index (χ4v) is 12.4. The molecule has 0 bridgehead atoms. The molecule has 26 heteroatoms. The van der Waals surface area contributed by atoms with Crippen LogP contribution >= 0.6 is 0 Å². The third-order valence-corrected chi connectivity index (χ3v) is 18.5. The first-order chi connectivity index (χ1) is 43.9. The topological polar surface area (TPSA) is 289 Å². The molecule has 0 saturated carbocycles. The summed E-state index contributed by atoms with van der Waals surface area (Å²) in [7, 11) is 8.66. The van der Waals surface area contributed by atoms with E-state index in [-0.39, 0.29) is 56.0 Å². The van der Waals surface area contributed by atoms with Gasteiger partial charge in [0.1, 0.15) is 66.5 Å². The maximum absolute atomic E-state index is 15.2. The van der Waals surface area contributed by atoms with Crippen LogP contribution in [0.1, 0.15) is 163 Å². The number of allylic oxidation sites excluding steroid dienone is 2. The van der Waals surface area contributed by atoms with Crippen molar-refractivity contribution < 1.29 is 67.1 Å². The molecule has 3 rings (SSSR count). The molecule has 0 aromatic rings. The van der Waals surface area contributed by atoms with Crippen LogP contribution in [0.5, 0.6) is 0 Å². The molecule has 3 fully saturated rings. The Morgan fingerprint density at radius 3 is 1.55 bits per heavy atom. The van der Waals surface area contributed by atoms with Gasteiger partial charge in [0.25, 0.3) is 5.91 Å². The second-order valence-electron chi connectivity index (χ2n) is 28.3. The minimum atomic E-state index is -1.38. The second kappa shape index (κ2) is 37.9. The van der Waals surface area contributed by atoms with Gasteiger partial charge in [-0.3, -0.25) is 62.5 Å². The van der Waals surface area contributed by atoms with Crippen LogP contribution in [-0.4, -0.2) is 265 Å². The van der Waals surface area contributed by atoms with E-state index in [4.69, 9.17) is 14.3 Å². The number of unbranched alkanes of at least 4 members (excludes halogenated alkanes) is 1. The van der Waals surface area contributed by atoms with E-state index in [2.05, 4.69) is 26.2 Å². The van der Waals surface area contributed by atoms with E-state index >= 15 is 19.2 Å². The van der Waals surface area contributed by atoms with Crippen LogP contribution in [0, 0.1) is 35.5 Å². The third kappa shape index (κ3) is 21.9. The van der Waals surface area contributed by atoms with E-state index in [1.54, 1.807) is 41.5 Å². The lowest BCUT2D eigenvalue weighted by molar-refractivity contribution is -0.321. The number of hydroxylamine groups is 2. The number of carbonyl (C=O) groups excluding carboxylic acids is 11. The predicted molar refractivity (Wildman–Crippen MR) is 358 cm³/mol. The molecular weight excluding hydrogens is 1210 g/mol. The fourth-order valence-electron chi connectivity index (χ4n) is 12.4. The molecule has 3 aliphatic rings. The van der Waals surface area contributed by atoms with Crippen LogP contribution in [0.15, 0.2) is 12.2 Å². The highest BCUT2D eigenvalue weighted by Crippen LogP contribution is 2.34. The normalized spacial score (nSPS) is 28.6. The smallest absolute Gasteiger partial charge is 0.270 e. The predicted octanol–water partition coefficient (Wildman–Crippen LogP) is 3.45. The summed E-state index contributed by atoms with van der Waals surface area (Å²) in [5.41, 5.74) is 0. The Kier molecular flexibility index (Phi) is 33.0. The molecular formula is C68H120N12O14. The lowest BCUT2D eigenvalue weighted by Gasteiger charge is -2.50. The van der Waals surface area contributed by atoms with Gasteiger partial charge in [-0.1, -0.05) is 95.2 Å². The molecule has 3 heterocycles. The van der Waals surface area contributed by atoms with E-state index in [9.17, 15) is 33.6 Å². The van der Waals surface area contributed by atoms with Crippen molar-refractivity contribution in [3.8, 4) is 0 Å². The maximum atomic E-state index is 15.2. The molecule has 11 amide bonds. The average molecular weight is 1330 g/mol. The third-order valence-electron chi connectivity index (χ3n) is 18.5. The van der Waals surface area contributed by atoms with Gasteiger partial charge < -0.3 is 60.1 Å². The van der Waals surface area contributed by atoms with Crippen molar-refractivity contribution in [2.24, 2.45) is 35.5 Å². The summed E-state index contributed by atoms with van der Waals surface area (Å²) >= 11 is 0. The monoisotopic (exact) mass is 1330 g/mol. The first-order valence-corrected chi connectivity index (χ1v) is 34.2. The van der Waals surface area contributed by atoms with Gasteiger partial charge >= 0.3 is 0 Å². The summed E-state index contributed by atoms with van der Waals surface area (Å²) in [4.78, 5) is 179. The quantitative estimate of drug-likeness (QED) is 0.106. The maximum Gasteiger partial charge on any atom is 0.270 e. The molecule has 536 valence electrons. The van der Waals surface area contributed by atoms with E-state index in [1.165, 1.54) is 92.5 Å². The minimum Gasteiger partial charge on any atom is -0.379 e. The lowest BCUT2D eigenvalue weighted by Crippen LogP contribution is -2.72. The highest BCUT2D eigenvalue weighted by molar-refractivity contribution is 6.00. The fraction of sp³-hybridized carbons (Fsp3) is 0.809. The molecule has 1 unspecified atom stereocenters. The largest absolute Gasteiger partial charge is 0.379 e. The number of fused-ring (bicyclic) bond motifs is 1. The minimum absolute atomic E-state index is 0.0521. The van der Waals surface area contributed by atoms with Crippen LogP contribution in [0.3, 0.4) is 0 Å². The van der Waals surface area contributed by atoms with Crippen LogP contribution in [0.2, 0.25) is 0 Å². The Bertz CT molecular complexity index is 2600. The van der Waals surface area contributed by atoms with Crippen molar-refractivity contribution in [2.75, 3.05) is 81.7 Å². The van der Waals surface area contributed by atoms with E-state index in [0.717, 1.165) is 31.1 Å². The number of likely N-dealkylation sites (N-methyl/N-ethyl adjacent to an activating group) is 6. The molecule has 26 nitrogen and oxygen atoms in total. The Balaban J connectivity index is 2.28. The second-order valence-corrected chi connectivity index (χ2v) is 28.3. The molecule has 4 N–H and O–H groups in total. The molecule has 0 aromatic carbocycles. The number of nitrogens with one attached hydrogen (secondary N) is 4. The van der Waals surface area contributed by atoms with Crippen LogP contribution < -0.4 is 21.3 Å². The van der Waals surface area contributed by atoms with Crippen LogP contribution in [-0.2, 0) is 67.1 Å². The summed E-state index contributed by atoms with van der Waals surface area (Å²) in [6.07, 6.45) is 4.32. The van der Waals surface area contributed by atoms with Crippen LogP contribution in [0.4, 0.5) is 0 Å². The molecule has 0 spiro atoms. The molecule has 94 heavy (non-hydrogen) atoms. The number of amides is 11. The number of carbonyl (C=O) groups is 11. The first-order valence-electron chi connectivity index (χ1n) is 34.2. The summed E-state index contributed by atoms with van der Waals surface area (Å²) < 4.78 is 11.9. The van der Waals surface area contributed by atoms with Gasteiger partial charge in [0.05, 0.1) is 19.3 Å². The summed E-state index contributed by atoms with van der Waals surface area (Å²) in [5.74, 6) is -9.28. The van der Waals surface area contributed by atoms with E-state index in [0.29, 0.717) is 26.1 Å². The molecule has 0 radical (unpaired) electrons. The number of rotatable bonds is 19. The molecule has 0 aliphatic carbocycles. The molecule has 3 saturated heterocycles. The Morgan fingerprint density at radius 2 is 1.03 bits per heavy atom. The van der Waals surface area contributed by atoms with Gasteiger partial charge in [0, 0.05) is 62.0 Å². The number of hydrogen-bond donors (Lipinski definition) is 4. The highest BCUT2D eigenvalue weighted by Gasteiger charge is 2.55. The molecule has 3 aliphatic heterocycles. The van der Waals surface area contributed by atoms with Gasteiger partial charge in [-0.05, 0) is 122 Å². The van der Waals surface area contributed by atoms with Crippen LogP contribution in [0.25, 0.3) is 0 Å². The highest BCUT2D eigenvalue weighted by atomic mass is 16.7. The van der Waals surface area contributed by atoms with E-state index in [1.807, 2.05) is 67.5 Å². The number of nitrogens with zero attached hydrogens (tertiary/aromatic N) is 8. The zero-order valence-electron chi connectivity index (χ0n) is 61.1. The lowest BCUT2D eigenvalue weighted by atomic mass is 9.90. The standard InChI is InChI=1S/C68H120N12O14/c1-24-26-29-44(13)57-56-61(84)71-49(25-2)64(87)73(18)47(16)63(86)78(23)55(48(17)93-33-28-27-30-79-31-34-92-35-32-79)60(83)72-53(42(9)10)67(90)74(19)50(36-39(3)4)59(82)69-45(14)58(81)70-46(15)62(85)75(20)51(37-40(5)6)65(88)76(21)52(38-41(7)8)66(89)77(22)54(43(11)12)68(91)80(56)94-57/h24,26,39-57H,25,27-38H2,1-23H3,(H,69,82)(H,70,81)(H,71,84)(H,72,83)/b26-24+/t44-,45+,46-,47-,48-,49+,50+,51?,52+,53+,54+,55+,56+,57-/m1/s1. The van der Waals surface area contributed by atoms with Crippen molar-refractivity contribution in [2.45, 2.75) is 241 Å². The van der Waals surface area contributed by atoms with Gasteiger partial charge in [0.15, 0.2) is 6.04 Å². The van der Waals surface area contributed by atoms with Crippen molar-refractivity contribution in [3.05, 3.63) is 12.2 Å². The summed E-state index contributed by atoms with van der Waals surface area (Å²) in [6, 6.07) is -13.6. The van der Waals surface area contributed by atoms with Gasteiger partial charge in [-0.15, -0.1) is 0 Å². The number of morpholine rings is 1. The zero-order chi connectivity index (χ0) is 71.5. The van der Waals surface area contributed by atoms with Crippen molar-refractivity contribution in [1.29, 1.82) is 0 Å². The van der Waals surface area contributed by atoms with Gasteiger partial charge in [-0.2, -0.15) is 0 Å². The number of hydrogen-bond acceptors (Lipinski definition) is 15. The first kappa shape index (κ1) is 82.0. The summed E-state index contributed by atoms with van der Waals surface area (Å²) in [5, 5.41) is 12.1. The molecule has 14 atom stereocenters. The van der Waals surface area contributed by atoms with Crippen molar-refractivity contribution >= 4 is 65.0 Å². The van der Waals surface area contributed by atoms with E-state index < -0.39 is 155 Å². The molecule has 0 aromatic heterocycles. The van der Waals surface area contributed by atoms with Gasteiger partial charge in [-0.25, -0.2) is 5.06 Å². The van der Waals surface area contributed by atoms with Crippen molar-refractivity contribution in [3.63, 3.8) is 0 Å².